The summed E-state index contributed by atoms with van der Waals surface area (Å²) in [7, 11) is 0. The van der Waals surface area contributed by atoms with Crippen LogP contribution in [0.2, 0.25) is 0 Å². The third-order valence-corrected chi connectivity index (χ3v) is 4.55. The monoisotopic (exact) mass is 238 g/mol. The van der Waals surface area contributed by atoms with Crippen LogP contribution < -0.4 is 5.32 Å². The third kappa shape index (κ3) is 4.26. The summed E-state index contributed by atoms with van der Waals surface area (Å²) in [5.74, 6) is 1.00. The van der Waals surface area contributed by atoms with Gasteiger partial charge in [-0.25, -0.2) is 0 Å². The van der Waals surface area contributed by atoms with Gasteiger partial charge in [0.15, 0.2) is 0 Å². The Labute approximate surface area is 107 Å². The first-order chi connectivity index (χ1) is 8.40. The Morgan fingerprint density at radius 2 is 1.71 bits per heavy atom. The number of hydrogen-bond donors (Lipinski definition) is 1. The first kappa shape index (κ1) is 13.4. The van der Waals surface area contributed by atoms with Gasteiger partial charge >= 0.3 is 0 Å². The first-order valence-electron chi connectivity index (χ1n) is 7.85. The van der Waals surface area contributed by atoms with Crippen molar-refractivity contribution in [3.8, 4) is 0 Å². The Kier molecular flexibility index (Phi) is 5.79. The molecule has 2 nitrogen and oxygen atoms in total. The molecular weight excluding hydrogens is 208 g/mol. The van der Waals surface area contributed by atoms with Crippen LogP contribution >= 0.6 is 0 Å². The maximum Gasteiger partial charge on any atom is 0.0119 e. The van der Waals surface area contributed by atoms with Crippen molar-refractivity contribution in [1.29, 1.82) is 0 Å². The van der Waals surface area contributed by atoms with E-state index in [0.717, 1.165) is 12.0 Å². The van der Waals surface area contributed by atoms with Gasteiger partial charge in [0.25, 0.3) is 0 Å². The summed E-state index contributed by atoms with van der Waals surface area (Å²) in [6.07, 6.45) is 11.5. The zero-order valence-corrected chi connectivity index (χ0v) is 11.6. The molecule has 100 valence electrons. The highest BCUT2D eigenvalue weighted by Gasteiger charge is 2.23. The smallest absolute Gasteiger partial charge is 0.0119 e. The van der Waals surface area contributed by atoms with Gasteiger partial charge in [0.05, 0.1) is 0 Å². The van der Waals surface area contributed by atoms with Gasteiger partial charge in [0.1, 0.15) is 0 Å². The summed E-state index contributed by atoms with van der Waals surface area (Å²) in [5, 5.41) is 3.49. The predicted molar refractivity (Wildman–Crippen MR) is 74.3 cm³/mol. The zero-order valence-electron chi connectivity index (χ0n) is 11.6. The summed E-state index contributed by atoms with van der Waals surface area (Å²) in [6.45, 7) is 7.50. The second-order valence-electron chi connectivity index (χ2n) is 5.98. The molecule has 1 heterocycles. The van der Waals surface area contributed by atoms with Crippen molar-refractivity contribution in [2.24, 2.45) is 5.92 Å². The van der Waals surface area contributed by atoms with Crippen LogP contribution in [0.4, 0.5) is 0 Å². The summed E-state index contributed by atoms with van der Waals surface area (Å²) in [5.41, 5.74) is 0. The lowest BCUT2D eigenvalue weighted by molar-refractivity contribution is 0.125. The number of nitrogens with one attached hydrogen (secondary N) is 1. The Balaban J connectivity index is 1.81. The van der Waals surface area contributed by atoms with Crippen LogP contribution in [0.3, 0.4) is 0 Å². The van der Waals surface area contributed by atoms with E-state index in [0.29, 0.717) is 0 Å². The Bertz CT molecular complexity index is 193. The van der Waals surface area contributed by atoms with Crippen molar-refractivity contribution in [3.05, 3.63) is 0 Å². The van der Waals surface area contributed by atoms with Crippen molar-refractivity contribution >= 4 is 0 Å². The predicted octanol–water partition coefficient (Wildman–Crippen LogP) is 3.03. The zero-order chi connectivity index (χ0) is 11.9. The summed E-state index contributed by atoms with van der Waals surface area (Å²) >= 11 is 0. The average molecular weight is 238 g/mol. The lowest BCUT2D eigenvalue weighted by Crippen LogP contribution is -2.45. The maximum absolute atomic E-state index is 3.49. The van der Waals surface area contributed by atoms with E-state index in [1.54, 1.807) is 0 Å². The lowest BCUT2D eigenvalue weighted by Gasteiger charge is -2.37. The van der Waals surface area contributed by atoms with Crippen LogP contribution in [0.25, 0.3) is 0 Å². The molecule has 0 atom stereocenters. The number of hydrogen-bond acceptors (Lipinski definition) is 2. The largest absolute Gasteiger partial charge is 0.317 e. The van der Waals surface area contributed by atoms with Gasteiger partial charge in [-0.05, 0) is 57.7 Å². The van der Waals surface area contributed by atoms with Crippen LogP contribution in [0.15, 0.2) is 0 Å². The molecule has 2 heteroatoms. The molecular formula is C15H30N2. The fourth-order valence-corrected chi connectivity index (χ4v) is 3.58. The van der Waals surface area contributed by atoms with E-state index in [1.165, 1.54) is 77.5 Å². The van der Waals surface area contributed by atoms with E-state index < -0.39 is 0 Å². The minimum Gasteiger partial charge on any atom is -0.317 e. The van der Waals surface area contributed by atoms with E-state index in [4.69, 9.17) is 0 Å². The van der Waals surface area contributed by atoms with Crippen LogP contribution in [0.5, 0.6) is 0 Å². The van der Waals surface area contributed by atoms with Crippen LogP contribution in [-0.2, 0) is 0 Å². The first-order valence-corrected chi connectivity index (χ1v) is 7.85. The van der Waals surface area contributed by atoms with Crippen LogP contribution in [0, 0.1) is 5.92 Å². The number of piperidine rings is 1. The minimum absolute atomic E-state index is 0.873. The molecule has 2 aliphatic rings. The average Bonchev–Trinajstić information content (AvgIpc) is 2.40. The molecule has 1 N–H and O–H groups in total. The van der Waals surface area contributed by atoms with Gasteiger partial charge in [0.2, 0.25) is 0 Å². The molecule has 1 saturated carbocycles. The maximum atomic E-state index is 3.49. The molecule has 2 rings (SSSR count). The molecule has 1 aliphatic heterocycles. The standard InChI is InChI=1S/C15H30N2/c1-2-12-17(15-8-10-16-11-9-15)13-14-6-4-3-5-7-14/h14-16H,2-13H2,1H3. The van der Waals surface area contributed by atoms with Gasteiger partial charge in [-0.2, -0.15) is 0 Å². The van der Waals surface area contributed by atoms with E-state index in [1.807, 2.05) is 0 Å². The molecule has 0 radical (unpaired) electrons. The molecule has 1 saturated heterocycles. The minimum atomic E-state index is 0.873. The molecule has 2 fully saturated rings. The fourth-order valence-electron chi connectivity index (χ4n) is 3.58. The normalized spacial score (nSPS) is 24.4. The highest BCUT2D eigenvalue weighted by Crippen LogP contribution is 2.26. The number of nitrogens with zero attached hydrogens (tertiary/aromatic N) is 1. The fraction of sp³-hybridized carbons (Fsp3) is 1.00. The van der Waals surface area contributed by atoms with Crippen molar-refractivity contribution in [1.82, 2.24) is 10.2 Å². The molecule has 17 heavy (non-hydrogen) atoms. The highest BCUT2D eigenvalue weighted by atomic mass is 15.2. The van der Waals surface area contributed by atoms with Crippen molar-refractivity contribution in [3.63, 3.8) is 0 Å². The molecule has 0 spiro atoms. The molecule has 0 aromatic carbocycles. The molecule has 0 amide bonds. The Morgan fingerprint density at radius 3 is 2.35 bits per heavy atom. The van der Waals surface area contributed by atoms with Gasteiger partial charge in [-0.1, -0.05) is 26.2 Å². The van der Waals surface area contributed by atoms with E-state index >= 15 is 0 Å². The van der Waals surface area contributed by atoms with Crippen molar-refractivity contribution in [2.75, 3.05) is 26.2 Å². The molecule has 0 aromatic heterocycles. The Morgan fingerprint density at radius 1 is 1.00 bits per heavy atom. The molecule has 0 bridgehead atoms. The van der Waals surface area contributed by atoms with E-state index in [9.17, 15) is 0 Å². The Hall–Kier alpha value is -0.0800. The second-order valence-corrected chi connectivity index (χ2v) is 5.98. The van der Waals surface area contributed by atoms with Gasteiger partial charge in [-0.3, -0.25) is 0 Å². The summed E-state index contributed by atoms with van der Waals surface area (Å²) in [6, 6.07) is 0.873. The SMILES string of the molecule is CCCN(CC1CCCCC1)C1CCNCC1. The molecule has 1 aliphatic carbocycles. The van der Waals surface area contributed by atoms with Crippen LogP contribution in [0.1, 0.15) is 58.3 Å². The molecule has 0 unspecified atom stereocenters. The van der Waals surface area contributed by atoms with E-state index in [2.05, 4.69) is 17.1 Å². The van der Waals surface area contributed by atoms with Crippen molar-refractivity contribution in [2.45, 2.75) is 64.3 Å². The summed E-state index contributed by atoms with van der Waals surface area (Å²) < 4.78 is 0. The second kappa shape index (κ2) is 7.38. The topological polar surface area (TPSA) is 15.3 Å². The highest BCUT2D eigenvalue weighted by molar-refractivity contribution is 4.80. The number of rotatable bonds is 5. The van der Waals surface area contributed by atoms with E-state index in [-0.39, 0.29) is 0 Å². The quantitative estimate of drug-likeness (QED) is 0.792. The van der Waals surface area contributed by atoms with Crippen LogP contribution in [-0.4, -0.2) is 37.1 Å². The van der Waals surface area contributed by atoms with Gasteiger partial charge in [0, 0.05) is 12.6 Å². The summed E-state index contributed by atoms with van der Waals surface area (Å²) in [4.78, 5) is 2.82. The third-order valence-electron chi connectivity index (χ3n) is 4.55. The van der Waals surface area contributed by atoms with Crippen molar-refractivity contribution < 1.29 is 0 Å². The van der Waals surface area contributed by atoms with Gasteiger partial charge in [-0.15, -0.1) is 0 Å². The lowest BCUT2D eigenvalue weighted by atomic mass is 9.88. The van der Waals surface area contributed by atoms with Gasteiger partial charge < -0.3 is 10.2 Å². The molecule has 0 aromatic rings.